The molecule has 1 atom stereocenters. The fraction of sp³-hybridized carbons (Fsp3) is 0.364. The van der Waals surface area contributed by atoms with E-state index >= 15 is 0 Å². The molecule has 0 saturated carbocycles. The van der Waals surface area contributed by atoms with Crippen molar-refractivity contribution < 1.29 is 14.0 Å². The molecule has 1 aromatic carbocycles. The number of ketones is 1. The molecule has 1 unspecified atom stereocenters. The molecular formula is C22H23N7O4. The van der Waals surface area contributed by atoms with Gasteiger partial charge in [-0.1, -0.05) is 6.07 Å². The van der Waals surface area contributed by atoms with Crippen molar-refractivity contribution in [2.75, 3.05) is 35.3 Å². The van der Waals surface area contributed by atoms with Crippen LogP contribution in [0.3, 0.4) is 0 Å². The number of carbonyl (C=O) groups is 2. The van der Waals surface area contributed by atoms with Gasteiger partial charge in [-0.3, -0.25) is 9.59 Å². The molecule has 1 saturated heterocycles. The molecule has 2 aromatic heterocycles. The molecule has 11 heteroatoms. The second-order valence-electron chi connectivity index (χ2n) is 8.17. The van der Waals surface area contributed by atoms with Gasteiger partial charge in [-0.05, 0) is 38.0 Å². The van der Waals surface area contributed by atoms with Crippen LogP contribution in [0.1, 0.15) is 30.1 Å². The lowest BCUT2D eigenvalue weighted by Gasteiger charge is -2.27. The van der Waals surface area contributed by atoms with E-state index in [0.717, 1.165) is 24.1 Å². The van der Waals surface area contributed by atoms with Crippen LogP contribution in [0.2, 0.25) is 0 Å². The van der Waals surface area contributed by atoms with Crippen molar-refractivity contribution in [2.45, 2.75) is 32.4 Å². The smallest absolute Gasteiger partial charge is 0.388 e. The molecule has 33 heavy (non-hydrogen) atoms. The van der Waals surface area contributed by atoms with Crippen molar-refractivity contribution >= 4 is 29.1 Å². The number of hydrogen-bond donors (Lipinski definition) is 1. The fourth-order valence-corrected chi connectivity index (χ4v) is 4.37. The van der Waals surface area contributed by atoms with Crippen LogP contribution in [0.15, 0.2) is 39.7 Å². The third-order valence-corrected chi connectivity index (χ3v) is 5.89. The van der Waals surface area contributed by atoms with E-state index in [1.165, 1.54) is 6.92 Å². The number of carbonyl (C=O) groups excluding carboxylic acids is 2. The first-order valence-corrected chi connectivity index (χ1v) is 10.8. The Morgan fingerprint density at radius 2 is 2.15 bits per heavy atom. The first-order valence-electron chi connectivity index (χ1n) is 10.8. The van der Waals surface area contributed by atoms with Crippen molar-refractivity contribution in [3.05, 3.63) is 46.6 Å². The third kappa shape index (κ3) is 3.75. The number of nitrogens with zero attached hydrogens (tertiary/aromatic N) is 6. The van der Waals surface area contributed by atoms with Gasteiger partial charge in [-0.25, -0.2) is 9.78 Å². The summed E-state index contributed by atoms with van der Waals surface area (Å²) in [5, 5.41) is 7.07. The Labute approximate surface area is 189 Å². The standard InChI is InChI=1S/C22H23N7O4/c1-13(30)11-29-22(32)33-19(26-29)14-5-3-6-15(9-14)28-12-16-7-4-8-27(16)18-17(20(28)31)10-24-21(23-2)25-18/h3,5-6,9-10,16H,4,7-8,11-12H2,1-2H3,(H,23,24,25). The maximum Gasteiger partial charge on any atom is 0.437 e. The number of hydrogen-bond acceptors (Lipinski definition) is 9. The highest BCUT2D eigenvalue weighted by Crippen LogP contribution is 2.34. The van der Waals surface area contributed by atoms with Gasteiger partial charge in [-0.2, -0.15) is 9.67 Å². The topological polar surface area (TPSA) is 126 Å². The van der Waals surface area contributed by atoms with Gasteiger partial charge >= 0.3 is 5.76 Å². The van der Waals surface area contributed by atoms with Crippen molar-refractivity contribution in [3.63, 3.8) is 0 Å². The van der Waals surface area contributed by atoms with E-state index < -0.39 is 5.76 Å². The number of anilines is 3. The second kappa shape index (κ2) is 8.15. The van der Waals surface area contributed by atoms with Crippen LogP contribution >= 0.6 is 0 Å². The Morgan fingerprint density at radius 3 is 2.94 bits per heavy atom. The summed E-state index contributed by atoms with van der Waals surface area (Å²) in [4.78, 5) is 49.7. The molecule has 1 N–H and O–H groups in total. The van der Waals surface area contributed by atoms with Crippen molar-refractivity contribution in [2.24, 2.45) is 0 Å². The van der Waals surface area contributed by atoms with Gasteiger partial charge in [0, 0.05) is 43.6 Å². The Kier molecular flexibility index (Phi) is 5.15. The lowest BCUT2D eigenvalue weighted by atomic mass is 10.1. The summed E-state index contributed by atoms with van der Waals surface area (Å²) in [7, 11) is 1.75. The van der Waals surface area contributed by atoms with E-state index in [1.54, 1.807) is 36.3 Å². The molecule has 4 heterocycles. The summed E-state index contributed by atoms with van der Waals surface area (Å²) in [6.07, 6.45) is 3.53. The molecule has 0 aliphatic carbocycles. The minimum absolute atomic E-state index is 0.0928. The molecule has 0 spiro atoms. The number of rotatable bonds is 5. The predicted octanol–water partition coefficient (Wildman–Crippen LogP) is 1.55. The number of nitrogens with one attached hydrogen (secondary N) is 1. The van der Waals surface area contributed by atoms with Crippen LogP contribution in [0, 0.1) is 0 Å². The van der Waals surface area contributed by atoms with E-state index in [1.807, 2.05) is 6.07 Å². The molecule has 1 fully saturated rings. The van der Waals surface area contributed by atoms with E-state index in [9.17, 15) is 14.4 Å². The van der Waals surface area contributed by atoms with Crippen LogP contribution in [0.25, 0.3) is 11.5 Å². The summed E-state index contributed by atoms with van der Waals surface area (Å²) in [6.45, 7) is 2.54. The molecule has 2 aliphatic rings. The first kappa shape index (κ1) is 20.9. The maximum atomic E-state index is 13.6. The highest BCUT2D eigenvalue weighted by molar-refractivity contribution is 6.10. The van der Waals surface area contributed by atoms with E-state index in [2.05, 4.69) is 25.3 Å². The first-order chi connectivity index (χ1) is 15.9. The summed E-state index contributed by atoms with van der Waals surface area (Å²) in [5.74, 6) is 0.111. The van der Waals surface area contributed by atoms with Gasteiger partial charge in [0.25, 0.3) is 5.91 Å². The zero-order chi connectivity index (χ0) is 23.1. The normalized spacial score (nSPS) is 17.5. The highest BCUT2D eigenvalue weighted by atomic mass is 16.4. The monoisotopic (exact) mass is 449 g/mol. The molecule has 170 valence electrons. The van der Waals surface area contributed by atoms with Gasteiger partial charge in [0.2, 0.25) is 11.8 Å². The molecular weight excluding hydrogens is 426 g/mol. The van der Waals surface area contributed by atoms with Gasteiger partial charge < -0.3 is 19.5 Å². The van der Waals surface area contributed by atoms with Crippen LogP contribution in [0.5, 0.6) is 0 Å². The molecule has 5 rings (SSSR count). The quantitative estimate of drug-likeness (QED) is 0.617. The third-order valence-electron chi connectivity index (χ3n) is 5.89. The summed E-state index contributed by atoms with van der Waals surface area (Å²) in [6, 6.07) is 7.24. The number of Topliss-reactive ketones (excluding diaryl/α,β-unsaturated/α-hetero) is 1. The van der Waals surface area contributed by atoms with E-state index in [-0.39, 0.29) is 30.2 Å². The molecule has 1 amide bonds. The molecule has 11 nitrogen and oxygen atoms in total. The minimum atomic E-state index is -0.704. The Hall–Kier alpha value is -4.02. The van der Waals surface area contributed by atoms with Crippen LogP contribution in [-0.4, -0.2) is 57.6 Å². The second-order valence-corrected chi connectivity index (χ2v) is 8.17. The largest absolute Gasteiger partial charge is 0.437 e. The van der Waals surface area contributed by atoms with Crippen molar-refractivity contribution in [1.29, 1.82) is 0 Å². The van der Waals surface area contributed by atoms with Crippen molar-refractivity contribution in [3.8, 4) is 11.5 Å². The summed E-state index contributed by atoms with van der Waals surface area (Å²) in [5.41, 5.74) is 1.63. The lowest BCUT2D eigenvalue weighted by molar-refractivity contribution is -0.117. The molecule has 2 aliphatic heterocycles. The van der Waals surface area contributed by atoms with E-state index in [4.69, 9.17) is 4.42 Å². The average molecular weight is 449 g/mol. The van der Waals surface area contributed by atoms with Gasteiger partial charge in [0.05, 0.1) is 0 Å². The predicted molar refractivity (Wildman–Crippen MR) is 121 cm³/mol. The number of aromatic nitrogens is 4. The van der Waals surface area contributed by atoms with Crippen LogP contribution < -0.4 is 20.9 Å². The van der Waals surface area contributed by atoms with Crippen LogP contribution in [-0.2, 0) is 11.3 Å². The highest BCUT2D eigenvalue weighted by Gasteiger charge is 2.37. The number of amides is 1. The minimum Gasteiger partial charge on any atom is -0.388 e. The van der Waals surface area contributed by atoms with Gasteiger partial charge in [0.1, 0.15) is 17.9 Å². The van der Waals surface area contributed by atoms with Gasteiger partial charge in [-0.15, -0.1) is 5.10 Å². The Bertz CT molecular complexity index is 1300. The number of benzene rings is 1. The molecule has 0 bridgehead atoms. The zero-order valence-corrected chi connectivity index (χ0v) is 18.3. The molecule has 3 aromatic rings. The molecule has 0 radical (unpaired) electrons. The lowest BCUT2D eigenvalue weighted by Crippen LogP contribution is -2.39. The van der Waals surface area contributed by atoms with Gasteiger partial charge in [0.15, 0.2) is 5.78 Å². The van der Waals surface area contributed by atoms with Crippen molar-refractivity contribution in [1.82, 2.24) is 19.7 Å². The average Bonchev–Trinajstić information content (AvgIpc) is 3.40. The SMILES string of the molecule is CNc1ncc2c(n1)N1CCCC1CN(c1cccc(-c3nn(CC(C)=O)c(=O)o3)c1)C2=O. The fourth-order valence-electron chi connectivity index (χ4n) is 4.37. The zero-order valence-electron chi connectivity index (χ0n) is 18.3. The maximum absolute atomic E-state index is 13.6. The Morgan fingerprint density at radius 1 is 1.30 bits per heavy atom. The summed E-state index contributed by atoms with van der Waals surface area (Å²) >= 11 is 0. The van der Waals surface area contributed by atoms with E-state index in [0.29, 0.717) is 35.1 Å². The van der Waals surface area contributed by atoms with Crippen LogP contribution in [0.4, 0.5) is 17.5 Å². The number of fused-ring (bicyclic) bond motifs is 3. The Balaban J connectivity index is 1.54. The summed E-state index contributed by atoms with van der Waals surface area (Å²) < 4.78 is 6.24.